The lowest BCUT2D eigenvalue weighted by Crippen LogP contribution is -2.31. The van der Waals surface area contributed by atoms with Gasteiger partial charge in [0.1, 0.15) is 0 Å². The van der Waals surface area contributed by atoms with Crippen LogP contribution in [0, 0.1) is 5.92 Å². The number of nitrogens with two attached hydrogens (primary N) is 1. The number of aromatic nitrogens is 2. The number of benzene rings is 1. The van der Waals surface area contributed by atoms with Crippen LogP contribution in [0.2, 0.25) is 0 Å². The molecule has 0 bridgehead atoms. The highest BCUT2D eigenvalue weighted by Crippen LogP contribution is 2.32. The number of likely N-dealkylation sites (tertiary alicyclic amines) is 1. The fourth-order valence-electron chi connectivity index (χ4n) is 3.05. The van der Waals surface area contributed by atoms with E-state index < -0.39 is 0 Å². The molecule has 7 heteroatoms. The molecular formula is C16H22Cl2N4O. The molecule has 1 amide bonds. The molecule has 0 aliphatic carbocycles. The largest absolute Gasteiger partial charge is 0.341 e. The van der Waals surface area contributed by atoms with Crippen molar-refractivity contribution in [2.45, 2.75) is 12.3 Å². The highest BCUT2D eigenvalue weighted by Gasteiger charge is 2.35. The van der Waals surface area contributed by atoms with Gasteiger partial charge in [0, 0.05) is 30.9 Å². The van der Waals surface area contributed by atoms with Crippen molar-refractivity contribution >= 4 is 30.7 Å². The summed E-state index contributed by atoms with van der Waals surface area (Å²) in [7, 11) is 0. The van der Waals surface area contributed by atoms with Crippen LogP contribution in [0.3, 0.4) is 0 Å². The SMILES string of the molecule is Cl.Cl.NC[C@@H]1CN(C(=O)Cc2ccn[nH]2)C[C@H]1c1ccccc1. The van der Waals surface area contributed by atoms with Crippen molar-refractivity contribution in [1.29, 1.82) is 0 Å². The molecule has 126 valence electrons. The van der Waals surface area contributed by atoms with Gasteiger partial charge in [0.2, 0.25) is 5.91 Å². The third kappa shape index (κ3) is 4.47. The summed E-state index contributed by atoms with van der Waals surface area (Å²) in [5.74, 6) is 0.802. The Morgan fingerprint density at radius 3 is 2.57 bits per heavy atom. The minimum Gasteiger partial charge on any atom is -0.341 e. The maximum Gasteiger partial charge on any atom is 0.228 e. The maximum absolute atomic E-state index is 12.4. The molecule has 0 radical (unpaired) electrons. The van der Waals surface area contributed by atoms with Crippen LogP contribution >= 0.6 is 24.8 Å². The lowest BCUT2D eigenvalue weighted by atomic mass is 9.89. The molecule has 1 aliphatic rings. The van der Waals surface area contributed by atoms with Gasteiger partial charge in [0.15, 0.2) is 0 Å². The molecule has 0 unspecified atom stereocenters. The topological polar surface area (TPSA) is 75.0 Å². The van der Waals surface area contributed by atoms with Crippen molar-refractivity contribution in [3.05, 3.63) is 53.9 Å². The average Bonchev–Trinajstić information content (AvgIpc) is 3.17. The molecule has 1 fully saturated rings. The highest BCUT2D eigenvalue weighted by atomic mass is 35.5. The van der Waals surface area contributed by atoms with Crippen molar-refractivity contribution in [3.8, 4) is 0 Å². The first kappa shape index (κ1) is 19.5. The Hall–Kier alpha value is -1.56. The molecule has 1 saturated heterocycles. The van der Waals surface area contributed by atoms with Crippen LogP contribution in [0.5, 0.6) is 0 Å². The molecule has 2 heterocycles. The first-order valence-corrected chi connectivity index (χ1v) is 7.29. The third-order valence-corrected chi connectivity index (χ3v) is 4.22. The number of nitrogens with zero attached hydrogens (tertiary/aromatic N) is 2. The van der Waals surface area contributed by atoms with Crippen LogP contribution in [0.4, 0.5) is 0 Å². The predicted molar refractivity (Wildman–Crippen MR) is 95.1 cm³/mol. The van der Waals surface area contributed by atoms with E-state index in [0.29, 0.717) is 24.8 Å². The normalized spacial score (nSPS) is 19.8. The van der Waals surface area contributed by atoms with Gasteiger partial charge in [-0.25, -0.2) is 0 Å². The van der Waals surface area contributed by atoms with E-state index in [1.807, 2.05) is 29.2 Å². The zero-order valence-electron chi connectivity index (χ0n) is 12.7. The Morgan fingerprint density at radius 1 is 1.22 bits per heavy atom. The summed E-state index contributed by atoms with van der Waals surface area (Å²) in [5, 5.41) is 6.72. The van der Waals surface area contributed by atoms with Gasteiger partial charge in [-0.2, -0.15) is 5.10 Å². The van der Waals surface area contributed by atoms with Crippen molar-refractivity contribution < 1.29 is 4.79 Å². The summed E-state index contributed by atoms with van der Waals surface area (Å²) in [4.78, 5) is 14.3. The number of amides is 1. The summed E-state index contributed by atoms with van der Waals surface area (Å²) in [5.41, 5.74) is 8.03. The zero-order chi connectivity index (χ0) is 14.7. The van der Waals surface area contributed by atoms with Crippen LogP contribution in [-0.2, 0) is 11.2 Å². The molecule has 3 rings (SSSR count). The van der Waals surface area contributed by atoms with Crippen LogP contribution in [0.1, 0.15) is 17.2 Å². The van der Waals surface area contributed by atoms with Gasteiger partial charge < -0.3 is 10.6 Å². The van der Waals surface area contributed by atoms with Crippen LogP contribution in [0.25, 0.3) is 0 Å². The van der Waals surface area contributed by atoms with E-state index in [0.717, 1.165) is 18.8 Å². The van der Waals surface area contributed by atoms with Crippen LogP contribution < -0.4 is 5.73 Å². The van der Waals surface area contributed by atoms with E-state index in [2.05, 4.69) is 22.3 Å². The van der Waals surface area contributed by atoms with E-state index >= 15 is 0 Å². The molecule has 0 saturated carbocycles. The second kappa shape index (κ2) is 8.91. The molecule has 2 aromatic rings. The quantitative estimate of drug-likeness (QED) is 0.879. The number of carbonyl (C=O) groups excluding carboxylic acids is 1. The summed E-state index contributed by atoms with van der Waals surface area (Å²) in [6.07, 6.45) is 2.04. The van der Waals surface area contributed by atoms with Crippen molar-refractivity contribution in [2.24, 2.45) is 11.7 Å². The van der Waals surface area contributed by atoms with Gasteiger partial charge in [-0.3, -0.25) is 9.89 Å². The summed E-state index contributed by atoms with van der Waals surface area (Å²) in [6, 6.07) is 12.2. The fourth-order valence-corrected chi connectivity index (χ4v) is 3.05. The minimum atomic E-state index is 0. The van der Waals surface area contributed by atoms with Crippen LogP contribution in [0.15, 0.2) is 42.6 Å². The van der Waals surface area contributed by atoms with E-state index in [4.69, 9.17) is 5.73 Å². The van der Waals surface area contributed by atoms with E-state index in [1.54, 1.807) is 6.20 Å². The van der Waals surface area contributed by atoms with Gasteiger partial charge in [-0.1, -0.05) is 30.3 Å². The second-order valence-corrected chi connectivity index (χ2v) is 5.57. The third-order valence-electron chi connectivity index (χ3n) is 4.22. The number of nitrogens with one attached hydrogen (secondary N) is 1. The maximum atomic E-state index is 12.4. The number of rotatable bonds is 4. The number of aromatic amines is 1. The monoisotopic (exact) mass is 356 g/mol. The van der Waals surface area contributed by atoms with Gasteiger partial charge in [-0.05, 0) is 24.1 Å². The predicted octanol–water partition coefficient (Wildman–Crippen LogP) is 2.00. The number of H-pyrrole nitrogens is 1. The number of hydrogen-bond donors (Lipinski definition) is 2. The smallest absolute Gasteiger partial charge is 0.228 e. The first-order chi connectivity index (χ1) is 10.3. The van der Waals surface area contributed by atoms with Crippen molar-refractivity contribution in [2.75, 3.05) is 19.6 Å². The number of hydrogen-bond acceptors (Lipinski definition) is 3. The molecule has 2 atom stereocenters. The van der Waals surface area contributed by atoms with E-state index in [1.165, 1.54) is 5.56 Å². The van der Waals surface area contributed by atoms with Gasteiger partial charge in [0.25, 0.3) is 0 Å². The summed E-state index contributed by atoms with van der Waals surface area (Å²) >= 11 is 0. The Morgan fingerprint density at radius 2 is 1.96 bits per heavy atom. The Labute approximate surface area is 148 Å². The van der Waals surface area contributed by atoms with Crippen molar-refractivity contribution in [3.63, 3.8) is 0 Å². The Kier molecular flexibility index (Phi) is 7.55. The standard InChI is InChI=1S/C16H20N4O.2ClH/c17-9-13-10-20(16(21)8-14-6-7-18-19-14)11-15(13)12-4-2-1-3-5-12;;/h1-7,13,15H,8-11,17H2,(H,18,19);2*1H/t13-,15+;;/m1../s1. The fraction of sp³-hybridized carbons (Fsp3) is 0.375. The Balaban J connectivity index is 0.00000132. The van der Waals surface area contributed by atoms with Crippen LogP contribution in [-0.4, -0.2) is 40.6 Å². The average molecular weight is 357 g/mol. The lowest BCUT2D eigenvalue weighted by Gasteiger charge is -2.16. The first-order valence-electron chi connectivity index (χ1n) is 7.29. The molecule has 1 aromatic heterocycles. The van der Waals surface area contributed by atoms with Gasteiger partial charge in [0.05, 0.1) is 6.42 Å². The number of halogens is 2. The summed E-state index contributed by atoms with van der Waals surface area (Å²) in [6.45, 7) is 2.09. The molecule has 1 aromatic carbocycles. The number of carbonyl (C=O) groups is 1. The van der Waals surface area contributed by atoms with Crippen molar-refractivity contribution in [1.82, 2.24) is 15.1 Å². The molecular weight excluding hydrogens is 335 g/mol. The molecule has 5 nitrogen and oxygen atoms in total. The highest BCUT2D eigenvalue weighted by molar-refractivity contribution is 5.85. The molecule has 23 heavy (non-hydrogen) atoms. The zero-order valence-corrected chi connectivity index (χ0v) is 14.4. The van der Waals surface area contributed by atoms with E-state index in [-0.39, 0.29) is 30.7 Å². The molecule has 0 spiro atoms. The Bertz CT molecular complexity index is 591. The molecule has 3 N–H and O–H groups in total. The minimum absolute atomic E-state index is 0. The second-order valence-electron chi connectivity index (χ2n) is 5.57. The van der Waals surface area contributed by atoms with E-state index in [9.17, 15) is 4.79 Å². The lowest BCUT2D eigenvalue weighted by molar-refractivity contribution is -0.129. The van der Waals surface area contributed by atoms with Gasteiger partial charge >= 0.3 is 0 Å². The van der Waals surface area contributed by atoms with Gasteiger partial charge in [-0.15, -0.1) is 24.8 Å². The summed E-state index contributed by atoms with van der Waals surface area (Å²) < 4.78 is 0. The molecule has 1 aliphatic heterocycles.